The lowest BCUT2D eigenvalue weighted by Crippen LogP contribution is -2.45. The molecule has 2 atom stereocenters. The molecule has 0 aromatic carbocycles. The molecule has 0 rings (SSSR count). The molecule has 0 heterocycles. The lowest BCUT2D eigenvalue weighted by molar-refractivity contribution is -0.123. The van der Waals surface area contributed by atoms with E-state index < -0.39 is 12.1 Å². The van der Waals surface area contributed by atoms with Crippen molar-refractivity contribution in [3.8, 4) is 0 Å². The molecular formula is C37H73NO3. The zero-order valence-corrected chi connectivity index (χ0v) is 27.8. The Balaban J connectivity index is 3.57. The second-order valence-corrected chi connectivity index (χ2v) is 12.6. The highest BCUT2D eigenvalue weighted by atomic mass is 16.3. The van der Waals surface area contributed by atoms with Crippen LogP contribution in [-0.4, -0.2) is 34.9 Å². The molecular weight excluding hydrogens is 506 g/mol. The van der Waals surface area contributed by atoms with Gasteiger partial charge in [0, 0.05) is 6.42 Å². The molecule has 0 saturated carbocycles. The van der Waals surface area contributed by atoms with E-state index in [9.17, 15) is 15.0 Å². The van der Waals surface area contributed by atoms with Crippen LogP contribution in [0.4, 0.5) is 0 Å². The Labute approximate surface area is 256 Å². The van der Waals surface area contributed by atoms with Crippen LogP contribution in [0.15, 0.2) is 12.2 Å². The van der Waals surface area contributed by atoms with Gasteiger partial charge in [0.05, 0.1) is 18.8 Å². The molecule has 4 nitrogen and oxygen atoms in total. The maximum absolute atomic E-state index is 12.3. The third kappa shape index (κ3) is 30.4. The first kappa shape index (κ1) is 40.1. The average Bonchev–Trinajstić information content (AvgIpc) is 2.97. The van der Waals surface area contributed by atoms with Crippen molar-refractivity contribution >= 4 is 5.91 Å². The van der Waals surface area contributed by atoms with E-state index in [2.05, 4.69) is 31.3 Å². The van der Waals surface area contributed by atoms with E-state index in [-0.39, 0.29) is 12.5 Å². The van der Waals surface area contributed by atoms with Crippen LogP contribution >= 0.6 is 0 Å². The van der Waals surface area contributed by atoms with E-state index in [0.717, 1.165) is 25.7 Å². The minimum absolute atomic E-state index is 0.0401. The van der Waals surface area contributed by atoms with Gasteiger partial charge in [0.15, 0.2) is 0 Å². The van der Waals surface area contributed by atoms with Crippen LogP contribution in [-0.2, 0) is 4.79 Å². The maximum atomic E-state index is 12.3. The summed E-state index contributed by atoms with van der Waals surface area (Å²) in [6.07, 6.45) is 39.7. The third-order valence-corrected chi connectivity index (χ3v) is 8.53. The number of unbranched alkanes of at least 4 members (excludes halogenated alkanes) is 24. The standard InChI is InChI=1S/C37H73NO3/c1-3-5-7-9-11-13-15-17-19-21-23-25-27-29-31-33-37(41)38-35(34-39)36(40)32-30-28-26-24-22-20-18-16-14-12-10-8-6-4-2/h17,19,35-36,39-40H,3-16,18,20-34H2,1-2H3,(H,38,41)/b19-17+/t35-,36+/m0/s1. The number of hydrogen-bond acceptors (Lipinski definition) is 3. The number of hydrogen-bond donors (Lipinski definition) is 3. The van der Waals surface area contributed by atoms with Crippen molar-refractivity contribution < 1.29 is 15.0 Å². The van der Waals surface area contributed by atoms with Crippen LogP contribution in [0.5, 0.6) is 0 Å². The van der Waals surface area contributed by atoms with Gasteiger partial charge in [0.25, 0.3) is 0 Å². The summed E-state index contributed by atoms with van der Waals surface area (Å²) in [7, 11) is 0. The molecule has 244 valence electrons. The van der Waals surface area contributed by atoms with Crippen molar-refractivity contribution in [3.63, 3.8) is 0 Å². The van der Waals surface area contributed by atoms with E-state index in [0.29, 0.717) is 12.8 Å². The molecule has 0 fully saturated rings. The van der Waals surface area contributed by atoms with E-state index >= 15 is 0 Å². The highest BCUT2D eigenvalue weighted by Crippen LogP contribution is 2.15. The summed E-state index contributed by atoms with van der Waals surface area (Å²) in [5.41, 5.74) is 0. The van der Waals surface area contributed by atoms with Crippen molar-refractivity contribution in [2.75, 3.05) is 6.61 Å². The van der Waals surface area contributed by atoms with Crippen LogP contribution in [0.3, 0.4) is 0 Å². The van der Waals surface area contributed by atoms with E-state index in [4.69, 9.17) is 0 Å². The van der Waals surface area contributed by atoms with E-state index in [1.54, 1.807) is 0 Å². The summed E-state index contributed by atoms with van der Waals surface area (Å²) in [4.78, 5) is 12.3. The number of allylic oxidation sites excluding steroid dienone is 2. The maximum Gasteiger partial charge on any atom is 0.220 e. The lowest BCUT2D eigenvalue weighted by atomic mass is 10.0. The Morgan fingerprint density at radius 3 is 1.34 bits per heavy atom. The minimum atomic E-state index is -0.657. The topological polar surface area (TPSA) is 69.6 Å². The molecule has 0 aromatic heterocycles. The molecule has 0 bridgehead atoms. The zero-order chi connectivity index (χ0) is 30.1. The van der Waals surface area contributed by atoms with Gasteiger partial charge in [-0.2, -0.15) is 0 Å². The smallest absolute Gasteiger partial charge is 0.220 e. The summed E-state index contributed by atoms with van der Waals surface area (Å²) in [6, 6.07) is -0.535. The normalized spacial score (nSPS) is 13.2. The number of rotatable bonds is 33. The molecule has 0 aromatic rings. The molecule has 0 aliphatic heterocycles. The Morgan fingerprint density at radius 2 is 0.927 bits per heavy atom. The molecule has 4 heteroatoms. The van der Waals surface area contributed by atoms with Crippen molar-refractivity contribution in [1.82, 2.24) is 5.32 Å². The summed E-state index contributed by atoms with van der Waals surface area (Å²) < 4.78 is 0. The van der Waals surface area contributed by atoms with Gasteiger partial charge in [-0.3, -0.25) is 4.79 Å². The van der Waals surface area contributed by atoms with Gasteiger partial charge in [-0.05, 0) is 38.5 Å². The molecule has 1 amide bonds. The number of aliphatic hydroxyl groups is 2. The quantitative estimate of drug-likeness (QED) is 0.0535. The fraction of sp³-hybridized carbons (Fsp3) is 0.919. The third-order valence-electron chi connectivity index (χ3n) is 8.53. The molecule has 0 radical (unpaired) electrons. The Bertz CT molecular complexity index is 550. The first-order valence-electron chi connectivity index (χ1n) is 18.4. The second kappa shape index (κ2) is 33.6. The molecule has 3 N–H and O–H groups in total. The predicted molar refractivity (Wildman–Crippen MR) is 179 cm³/mol. The Hall–Kier alpha value is -0.870. The fourth-order valence-corrected chi connectivity index (χ4v) is 5.65. The van der Waals surface area contributed by atoms with Crippen molar-refractivity contribution in [2.24, 2.45) is 0 Å². The summed E-state index contributed by atoms with van der Waals surface area (Å²) in [5, 5.41) is 23.0. The Morgan fingerprint density at radius 1 is 0.561 bits per heavy atom. The molecule has 41 heavy (non-hydrogen) atoms. The van der Waals surface area contributed by atoms with Crippen molar-refractivity contribution in [3.05, 3.63) is 12.2 Å². The first-order valence-corrected chi connectivity index (χ1v) is 18.4. The minimum Gasteiger partial charge on any atom is -0.394 e. The van der Waals surface area contributed by atoms with Crippen LogP contribution in [0.25, 0.3) is 0 Å². The summed E-state index contributed by atoms with van der Waals surface area (Å²) in [6.45, 7) is 4.34. The second-order valence-electron chi connectivity index (χ2n) is 12.6. The number of nitrogens with one attached hydrogen (secondary N) is 1. The zero-order valence-electron chi connectivity index (χ0n) is 27.8. The molecule has 0 aliphatic carbocycles. The van der Waals surface area contributed by atoms with Gasteiger partial charge in [0.1, 0.15) is 0 Å². The molecule has 0 aliphatic rings. The highest BCUT2D eigenvalue weighted by Gasteiger charge is 2.19. The van der Waals surface area contributed by atoms with Gasteiger partial charge < -0.3 is 15.5 Å². The molecule has 0 unspecified atom stereocenters. The van der Waals surface area contributed by atoms with Gasteiger partial charge in [0.2, 0.25) is 5.91 Å². The highest BCUT2D eigenvalue weighted by molar-refractivity contribution is 5.76. The van der Waals surface area contributed by atoms with Gasteiger partial charge >= 0.3 is 0 Å². The Kier molecular flexibility index (Phi) is 32.9. The van der Waals surface area contributed by atoms with Crippen LogP contribution in [0.1, 0.15) is 200 Å². The SMILES string of the molecule is CCCCCCCC/C=C/CCCCCCCC(=O)N[C@@H](CO)[C@H](O)CCCCCCCCCCCCCCCC. The largest absolute Gasteiger partial charge is 0.394 e. The number of amides is 1. The van der Waals surface area contributed by atoms with Crippen molar-refractivity contribution in [2.45, 2.75) is 212 Å². The first-order chi connectivity index (χ1) is 20.2. The van der Waals surface area contributed by atoms with Gasteiger partial charge in [-0.1, -0.05) is 167 Å². The molecule has 0 saturated heterocycles. The van der Waals surface area contributed by atoms with Gasteiger partial charge in [-0.25, -0.2) is 0 Å². The number of carbonyl (C=O) groups is 1. The predicted octanol–water partition coefficient (Wildman–Crippen LogP) is 10.7. The van der Waals surface area contributed by atoms with E-state index in [1.807, 2.05) is 0 Å². The van der Waals surface area contributed by atoms with E-state index in [1.165, 1.54) is 148 Å². The summed E-state index contributed by atoms with van der Waals surface area (Å²) >= 11 is 0. The number of carbonyl (C=O) groups excluding carboxylic acids is 1. The number of aliphatic hydroxyl groups excluding tert-OH is 2. The van der Waals surface area contributed by atoms with Crippen LogP contribution in [0.2, 0.25) is 0 Å². The van der Waals surface area contributed by atoms with Crippen molar-refractivity contribution in [1.29, 1.82) is 0 Å². The average molecular weight is 580 g/mol. The monoisotopic (exact) mass is 580 g/mol. The van der Waals surface area contributed by atoms with Crippen LogP contribution < -0.4 is 5.32 Å². The lowest BCUT2D eigenvalue weighted by Gasteiger charge is -2.22. The summed E-state index contributed by atoms with van der Waals surface area (Å²) in [5.74, 6) is -0.0401. The van der Waals surface area contributed by atoms with Gasteiger partial charge in [-0.15, -0.1) is 0 Å². The van der Waals surface area contributed by atoms with Crippen LogP contribution in [0, 0.1) is 0 Å². The molecule has 0 spiro atoms. The fourth-order valence-electron chi connectivity index (χ4n) is 5.65.